The molecule has 0 radical (unpaired) electrons. The van der Waals surface area contributed by atoms with Crippen LogP contribution in [0.2, 0.25) is 5.02 Å². The first-order valence-corrected chi connectivity index (χ1v) is 7.31. The zero-order valence-corrected chi connectivity index (χ0v) is 11.8. The molecule has 5 heteroatoms. The van der Waals surface area contributed by atoms with Crippen LogP contribution >= 0.6 is 22.9 Å². The Morgan fingerprint density at radius 2 is 2.21 bits per heavy atom. The van der Waals surface area contributed by atoms with Crippen molar-refractivity contribution in [3.63, 3.8) is 0 Å². The van der Waals surface area contributed by atoms with Crippen LogP contribution < -0.4 is 5.73 Å². The Bertz CT molecular complexity index is 638. The van der Waals surface area contributed by atoms with E-state index >= 15 is 0 Å². The summed E-state index contributed by atoms with van der Waals surface area (Å²) in [5.74, 6) is -0.0446. The number of nitrogen functional groups attached to an aromatic ring is 1. The topological polar surface area (TPSA) is 46.3 Å². The number of benzene rings is 1. The van der Waals surface area contributed by atoms with E-state index in [2.05, 4.69) is 11.4 Å². The minimum atomic E-state index is -0.0446. The summed E-state index contributed by atoms with van der Waals surface area (Å²) in [7, 11) is 0. The van der Waals surface area contributed by atoms with Crippen molar-refractivity contribution < 1.29 is 4.79 Å². The van der Waals surface area contributed by atoms with Crippen LogP contribution in [0.4, 0.5) is 5.69 Å². The average Bonchev–Trinajstić information content (AvgIpc) is 2.88. The Kier molecular flexibility index (Phi) is 3.21. The second-order valence-electron chi connectivity index (χ2n) is 4.55. The predicted octanol–water partition coefficient (Wildman–Crippen LogP) is 3.18. The number of nitrogens with two attached hydrogens (primary N) is 1. The molecule has 0 spiro atoms. The van der Waals surface area contributed by atoms with E-state index in [0.29, 0.717) is 22.8 Å². The minimum Gasteiger partial charge on any atom is -0.397 e. The number of hydrogen-bond acceptors (Lipinski definition) is 3. The highest BCUT2D eigenvalue weighted by molar-refractivity contribution is 7.10. The molecule has 1 aliphatic rings. The van der Waals surface area contributed by atoms with E-state index in [1.165, 1.54) is 10.4 Å². The smallest absolute Gasteiger partial charge is 0.256 e. The molecule has 1 amide bonds. The summed E-state index contributed by atoms with van der Waals surface area (Å²) >= 11 is 7.72. The number of carbonyl (C=O) groups is 1. The van der Waals surface area contributed by atoms with Gasteiger partial charge in [0, 0.05) is 18.0 Å². The summed E-state index contributed by atoms with van der Waals surface area (Å²) in [6, 6.07) is 7.26. The largest absolute Gasteiger partial charge is 0.397 e. The quantitative estimate of drug-likeness (QED) is 0.821. The van der Waals surface area contributed by atoms with Crippen molar-refractivity contribution in [1.82, 2.24) is 4.90 Å². The fourth-order valence-corrected chi connectivity index (χ4v) is 3.38. The average molecular weight is 293 g/mol. The Morgan fingerprint density at radius 1 is 1.37 bits per heavy atom. The first-order chi connectivity index (χ1) is 9.16. The Labute approximate surface area is 120 Å². The van der Waals surface area contributed by atoms with Gasteiger partial charge in [-0.25, -0.2) is 0 Å². The summed E-state index contributed by atoms with van der Waals surface area (Å²) < 4.78 is 0. The summed E-state index contributed by atoms with van der Waals surface area (Å²) in [5, 5.41) is 2.51. The molecule has 1 aliphatic heterocycles. The number of fused-ring (bicyclic) bond motifs is 1. The number of carbonyl (C=O) groups excluding carboxylic acids is 1. The molecule has 2 N–H and O–H groups in total. The summed E-state index contributed by atoms with van der Waals surface area (Å²) in [5.41, 5.74) is 7.99. The van der Waals surface area contributed by atoms with Gasteiger partial charge in [0.2, 0.25) is 0 Å². The van der Waals surface area contributed by atoms with Crippen molar-refractivity contribution in [2.24, 2.45) is 0 Å². The van der Waals surface area contributed by atoms with Gasteiger partial charge in [-0.3, -0.25) is 4.79 Å². The van der Waals surface area contributed by atoms with E-state index in [0.717, 1.165) is 13.0 Å². The van der Waals surface area contributed by atoms with Crippen LogP contribution in [0.5, 0.6) is 0 Å². The second-order valence-corrected chi connectivity index (χ2v) is 5.95. The molecule has 3 rings (SSSR count). The summed E-state index contributed by atoms with van der Waals surface area (Å²) in [4.78, 5) is 15.7. The number of amides is 1. The van der Waals surface area contributed by atoms with Gasteiger partial charge < -0.3 is 10.6 Å². The zero-order valence-electron chi connectivity index (χ0n) is 10.2. The standard InChI is InChI=1S/C14H13ClN2OS/c15-11-3-1-2-10(13(11)16)14(18)17-6-4-12-9(8-17)5-7-19-12/h1-3,5,7H,4,6,8,16H2. The van der Waals surface area contributed by atoms with E-state index in [1.54, 1.807) is 29.5 Å². The lowest BCUT2D eigenvalue weighted by Gasteiger charge is -2.27. The third kappa shape index (κ3) is 2.22. The fourth-order valence-electron chi connectivity index (χ4n) is 2.32. The third-order valence-corrected chi connectivity index (χ3v) is 4.73. The molecule has 0 unspecified atom stereocenters. The number of nitrogens with zero attached hydrogens (tertiary/aromatic N) is 1. The molecule has 0 bridgehead atoms. The lowest BCUT2D eigenvalue weighted by molar-refractivity contribution is 0.0737. The van der Waals surface area contributed by atoms with Gasteiger partial charge in [0.25, 0.3) is 5.91 Å². The van der Waals surface area contributed by atoms with Gasteiger partial charge in [0.05, 0.1) is 16.3 Å². The molecule has 2 heterocycles. The van der Waals surface area contributed by atoms with Gasteiger partial charge >= 0.3 is 0 Å². The van der Waals surface area contributed by atoms with E-state index in [1.807, 2.05) is 4.90 Å². The SMILES string of the molecule is Nc1c(Cl)cccc1C(=O)N1CCc2sccc2C1. The molecule has 19 heavy (non-hydrogen) atoms. The van der Waals surface area contributed by atoms with Gasteiger partial charge in [-0.1, -0.05) is 17.7 Å². The highest BCUT2D eigenvalue weighted by atomic mass is 35.5. The number of anilines is 1. The van der Waals surface area contributed by atoms with Crippen LogP contribution in [0.3, 0.4) is 0 Å². The number of halogens is 1. The molecular formula is C14H13ClN2OS. The van der Waals surface area contributed by atoms with E-state index in [4.69, 9.17) is 17.3 Å². The number of para-hydroxylation sites is 1. The first-order valence-electron chi connectivity index (χ1n) is 6.05. The molecule has 1 aromatic heterocycles. The maximum absolute atomic E-state index is 12.5. The zero-order chi connectivity index (χ0) is 13.4. The molecule has 0 aliphatic carbocycles. The second kappa shape index (κ2) is 4.87. The van der Waals surface area contributed by atoms with Crippen molar-refractivity contribution in [2.45, 2.75) is 13.0 Å². The van der Waals surface area contributed by atoms with Gasteiger partial charge in [-0.15, -0.1) is 11.3 Å². The Hall–Kier alpha value is -1.52. The molecule has 0 saturated carbocycles. The molecule has 0 atom stereocenters. The molecule has 2 aromatic rings. The van der Waals surface area contributed by atoms with Crippen molar-refractivity contribution in [3.8, 4) is 0 Å². The van der Waals surface area contributed by atoms with Crippen LogP contribution in [0.15, 0.2) is 29.6 Å². The minimum absolute atomic E-state index is 0.0446. The normalized spacial score (nSPS) is 14.3. The van der Waals surface area contributed by atoms with Crippen molar-refractivity contribution in [3.05, 3.63) is 50.7 Å². The van der Waals surface area contributed by atoms with Crippen LogP contribution in [0, 0.1) is 0 Å². The van der Waals surface area contributed by atoms with E-state index in [-0.39, 0.29) is 5.91 Å². The highest BCUT2D eigenvalue weighted by Gasteiger charge is 2.24. The van der Waals surface area contributed by atoms with Gasteiger partial charge in [-0.05, 0) is 35.6 Å². The summed E-state index contributed by atoms with van der Waals surface area (Å²) in [6.45, 7) is 1.39. The molecule has 1 aromatic carbocycles. The number of rotatable bonds is 1. The monoisotopic (exact) mass is 292 g/mol. The fraction of sp³-hybridized carbons (Fsp3) is 0.214. The predicted molar refractivity (Wildman–Crippen MR) is 78.6 cm³/mol. The molecule has 0 fully saturated rings. The molecule has 3 nitrogen and oxygen atoms in total. The lowest BCUT2D eigenvalue weighted by Crippen LogP contribution is -2.35. The highest BCUT2D eigenvalue weighted by Crippen LogP contribution is 2.28. The van der Waals surface area contributed by atoms with Crippen molar-refractivity contribution in [2.75, 3.05) is 12.3 Å². The maximum Gasteiger partial charge on any atom is 0.256 e. The van der Waals surface area contributed by atoms with Crippen LogP contribution in [0.25, 0.3) is 0 Å². The van der Waals surface area contributed by atoms with Crippen LogP contribution in [-0.2, 0) is 13.0 Å². The first kappa shape index (κ1) is 12.5. The molecule has 0 saturated heterocycles. The molecule has 98 valence electrons. The Morgan fingerprint density at radius 3 is 3.05 bits per heavy atom. The summed E-state index contributed by atoms with van der Waals surface area (Å²) in [6.07, 6.45) is 0.916. The van der Waals surface area contributed by atoms with E-state index in [9.17, 15) is 4.79 Å². The van der Waals surface area contributed by atoms with Crippen LogP contribution in [0.1, 0.15) is 20.8 Å². The van der Waals surface area contributed by atoms with E-state index < -0.39 is 0 Å². The maximum atomic E-state index is 12.5. The van der Waals surface area contributed by atoms with Gasteiger partial charge in [0.1, 0.15) is 0 Å². The third-order valence-electron chi connectivity index (χ3n) is 3.38. The van der Waals surface area contributed by atoms with Gasteiger partial charge in [-0.2, -0.15) is 0 Å². The van der Waals surface area contributed by atoms with Gasteiger partial charge in [0.15, 0.2) is 0 Å². The van der Waals surface area contributed by atoms with Crippen molar-refractivity contribution >= 4 is 34.5 Å². The van der Waals surface area contributed by atoms with Crippen LogP contribution in [-0.4, -0.2) is 17.4 Å². The lowest BCUT2D eigenvalue weighted by atomic mass is 10.1. The van der Waals surface area contributed by atoms with Crippen molar-refractivity contribution in [1.29, 1.82) is 0 Å². The molecular weight excluding hydrogens is 280 g/mol. The number of hydrogen-bond donors (Lipinski definition) is 1. The Balaban J connectivity index is 1.88. The number of thiophene rings is 1.